The Balaban J connectivity index is 1.29. The standard InChI is InChI=1S/C26H30ClNO2/c1-30-25-10-8-21-18-22(7-9-23(21)26(25)27)24(29)13-16-28-14-11-20(12-15-28)17-19-5-3-2-4-6-19/h2-10,18,20,24,29H,11-17H2,1H3. The number of piperidine rings is 1. The van der Waals surface area contributed by atoms with Gasteiger partial charge in [-0.15, -0.1) is 0 Å². The SMILES string of the molecule is COc1ccc2cc(C(O)CCN3CCC(Cc4ccccc4)CC3)ccc2c1Cl. The first-order valence-corrected chi connectivity index (χ1v) is 11.2. The van der Waals surface area contributed by atoms with Gasteiger partial charge < -0.3 is 14.7 Å². The summed E-state index contributed by atoms with van der Waals surface area (Å²) in [5.74, 6) is 1.45. The predicted molar refractivity (Wildman–Crippen MR) is 124 cm³/mol. The molecule has 158 valence electrons. The molecule has 3 aromatic rings. The molecule has 1 atom stereocenters. The van der Waals surface area contributed by atoms with Crippen molar-refractivity contribution in [3.63, 3.8) is 0 Å². The molecule has 1 aliphatic rings. The normalized spacial score (nSPS) is 16.6. The Labute approximate surface area is 184 Å². The van der Waals surface area contributed by atoms with Crippen molar-refractivity contribution in [1.29, 1.82) is 0 Å². The summed E-state index contributed by atoms with van der Waals surface area (Å²) in [6, 6.07) is 20.7. The molecule has 0 amide bonds. The molecule has 4 heteroatoms. The van der Waals surface area contributed by atoms with Crippen molar-refractivity contribution in [3.05, 3.63) is 76.8 Å². The molecule has 30 heavy (non-hydrogen) atoms. The monoisotopic (exact) mass is 423 g/mol. The summed E-state index contributed by atoms with van der Waals surface area (Å²) in [4.78, 5) is 2.49. The lowest BCUT2D eigenvalue weighted by Gasteiger charge is -2.32. The van der Waals surface area contributed by atoms with Gasteiger partial charge in [0.1, 0.15) is 5.75 Å². The number of aliphatic hydroxyl groups is 1. The van der Waals surface area contributed by atoms with Gasteiger partial charge in [0.2, 0.25) is 0 Å². The maximum absolute atomic E-state index is 10.7. The van der Waals surface area contributed by atoms with Gasteiger partial charge in [-0.25, -0.2) is 0 Å². The molecule has 0 radical (unpaired) electrons. The molecule has 0 saturated carbocycles. The lowest BCUT2D eigenvalue weighted by Crippen LogP contribution is -2.35. The van der Waals surface area contributed by atoms with Gasteiger partial charge in [0, 0.05) is 11.9 Å². The van der Waals surface area contributed by atoms with E-state index in [9.17, 15) is 5.11 Å². The molecule has 0 bridgehead atoms. The Morgan fingerprint density at radius 3 is 2.57 bits per heavy atom. The zero-order valence-corrected chi connectivity index (χ0v) is 18.3. The molecule has 1 heterocycles. The van der Waals surface area contributed by atoms with E-state index in [2.05, 4.69) is 35.2 Å². The van der Waals surface area contributed by atoms with Gasteiger partial charge in [0.15, 0.2) is 0 Å². The molecule has 3 aromatic carbocycles. The Hall–Kier alpha value is -2.07. The fraction of sp³-hybridized carbons (Fsp3) is 0.385. The lowest BCUT2D eigenvalue weighted by atomic mass is 9.90. The molecular weight excluding hydrogens is 394 g/mol. The zero-order valence-electron chi connectivity index (χ0n) is 17.6. The highest BCUT2D eigenvalue weighted by Crippen LogP contribution is 2.34. The Bertz CT molecular complexity index is 967. The first kappa shape index (κ1) is 21.2. The van der Waals surface area contributed by atoms with Crippen molar-refractivity contribution in [2.24, 2.45) is 5.92 Å². The molecule has 1 saturated heterocycles. The molecule has 3 nitrogen and oxygen atoms in total. The zero-order chi connectivity index (χ0) is 20.9. The van der Waals surface area contributed by atoms with E-state index < -0.39 is 6.10 Å². The van der Waals surface area contributed by atoms with Crippen molar-refractivity contribution >= 4 is 22.4 Å². The van der Waals surface area contributed by atoms with E-state index in [-0.39, 0.29) is 0 Å². The fourth-order valence-corrected chi connectivity index (χ4v) is 4.80. The van der Waals surface area contributed by atoms with E-state index in [0.29, 0.717) is 10.8 Å². The number of nitrogens with zero attached hydrogens (tertiary/aromatic N) is 1. The maximum atomic E-state index is 10.7. The first-order chi connectivity index (χ1) is 14.6. The highest BCUT2D eigenvalue weighted by molar-refractivity contribution is 6.37. The highest BCUT2D eigenvalue weighted by atomic mass is 35.5. The minimum absolute atomic E-state index is 0.461. The first-order valence-electron chi connectivity index (χ1n) is 10.8. The van der Waals surface area contributed by atoms with Crippen LogP contribution in [0.15, 0.2) is 60.7 Å². The molecule has 0 aromatic heterocycles. The smallest absolute Gasteiger partial charge is 0.138 e. The van der Waals surface area contributed by atoms with E-state index in [1.165, 1.54) is 24.8 Å². The lowest BCUT2D eigenvalue weighted by molar-refractivity contribution is 0.123. The number of hydrogen-bond acceptors (Lipinski definition) is 3. The number of ether oxygens (including phenoxy) is 1. The summed E-state index contributed by atoms with van der Waals surface area (Å²) >= 11 is 6.40. The molecule has 1 aliphatic heterocycles. The number of rotatable bonds is 7. The van der Waals surface area contributed by atoms with Crippen molar-refractivity contribution < 1.29 is 9.84 Å². The van der Waals surface area contributed by atoms with E-state index in [4.69, 9.17) is 16.3 Å². The van der Waals surface area contributed by atoms with Crippen LogP contribution in [0.5, 0.6) is 5.75 Å². The van der Waals surface area contributed by atoms with Gasteiger partial charge in [-0.2, -0.15) is 0 Å². The predicted octanol–water partition coefficient (Wildman–Crippen LogP) is 5.88. The summed E-state index contributed by atoms with van der Waals surface area (Å²) in [5, 5.41) is 13.3. The third kappa shape index (κ3) is 4.97. The number of halogens is 1. The number of likely N-dealkylation sites (tertiary alicyclic amines) is 1. The van der Waals surface area contributed by atoms with Crippen molar-refractivity contribution in [3.8, 4) is 5.75 Å². The van der Waals surface area contributed by atoms with Gasteiger partial charge in [-0.1, -0.05) is 60.1 Å². The van der Waals surface area contributed by atoms with Crippen LogP contribution in [0.3, 0.4) is 0 Å². The van der Waals surface area contributed by atoms with Crippen LogP contribution < -0.4 is 4.74 Å². The minimum Gasteiger partial charge on any atom is -0.495 e. The van der Waals surface area contributed by atoms with Crippen LogP contribution in [-0.2, 0) is 6.42 Å². The number of fused-ring (bicyclic) bond motifs is 1. The van der Waals surface area contributed by atoms with Crippen LogP contribution in [0, 0.1) is 5.92 Å². The molecule has 1 fully saturated rings. The molecular formula is C26H30ClNO2. The second-order valence-electron chi connectivity index (χ2n) is 8.34. The van der Waals surface area contributed by atoms with Crippen LogP contribution in [0.2, 0.25) is 5.02 Å². The Morgan fingerprint density at radius 1 is 1.07 bits per heavy atom. The quantitative estimate of drug-likeness (QED) is 0.515. The molecule has 4 rings (SSSR count). The van der Waals surface area contributed by atoms with Crippen LogP contribution in [0.4, 0.5) is 0 Å². The molecule has 1 unspecified atom stereocenters. The summed E-state index contributed by atoms with van der Waals surface area (Å²) in [6.07, 6.45) is 3.95. The average Bonchev–Trinajstić information content (AvgIpc) is 2.79. The second kappa shape index (κ2) is 9.82. The number of benzene rings is 3. The number of methoxy groups -OCH3 is 1. The second-order valence-corrected chi connectivity index (χ2v) is 8.72. The van der Waals surface area contributed by atoms with E-state index in [1.54, 1.807) is 7.11 Å². The summed E-state index contributed by atoms with van der Waals surface area (Å²) in [5.41, 5.74) is 2.39. The van der Waals surface area contributed by atoms with Gasteiger partial charge in [-0.3, -0.25) is 0 Å². The Morgan fingerprint density at radius 2 is 1.83 bits per heavy atom. The maximum Gasteiger partial charge on any atom is 0.138 e. The minimum atomic E-state index is -0.461. The van der Waals surface area contributed by atoms with Crippen molar-refractivity contribution in [2.45, 2.75) is 31.8 Å². The van der Waals surface area contributed by atoms with Gasteiger partial charge in [-0.05, 0) is 73.3 Å². The van der Waals surface area contributed by atoms with Crippen LogP contribution in [0.1, 0.15) is 36.5 Å². The van der Waals surface area contributed by atoms with Gasteiger partial charge in [0.25, 0.3) is 0 Å². The van der Waals surface area contributed by atoms with E-state index >= 15 is 0 Å². The molecule has 1 N–H and O–H groups in total. The summed E-state index contributed by atoms with van der Waals surface area (Å²) in [6.45, 7) is 3.18. The largest absolute Gasteiger partial charge is 0.495 e. The molecule has 0 spiro atoms. The Kier molecular flexibility index (Phi) is 6.93. The van der Waals surface area contributed by atoms with Crippen molar-refractivity contribution in [1.82, 2.24) is 4.90 Å². The van der Waals surface area contributed by atoms with Crippen molar-refractivity contribution in [2.75, 3.05) is 26.7 Å². The topological polar surface area (TPSA) is 32.7 Å². The summed E-state index contributed by atoms with van der Waals surface area (Å²) in [7, 11) is 1.62. The third-order valence-corrected chi connectivity index (χ3v) is 6.73. The number of hydrogen-bond donors (Lipinski definition) is 1. The van der Waals surface area contributed by atoms with Crippen LogP contribution >= 0.6 is 11.6 Å². The third-order valence-electron chi connectivity index (χ3n) is 6.34. The molecule has 0 aliphatic carbocycles. The van der Waals surface area contributed by atoms with E-state index in [1.807, 2.05) is 30.3 Å². The number of aliphatic hydroxyl groups excluding tert-OH is 1. The van der Waals surface area contributed by atoms with Gasteiger partial charge in [0.05, 0.1) is 18.2 Å². The highest BCUT2D eigenvalue weighted by Gasteiger charge is 2.20. The van der Waals surface area contributed by atoms with E-state index in [0.717, 1.165) is 48.3 Å². The average molecular weight is 424 g/mol. The van der Waals surface area contributed by atoms with Crippen LogP contribution in [0.25, 0.3) is 10.8 Å². The summed E-state index contributed by atoms with van der Waals surface area (Å²) < 4.78 is 5.29. The fourth-order valence-electron chi connectivity index (χ4n) is 4.49. The van der Waals surface area contributed by atoms with Gasteiger partial charge >= 0.3 is 0 Å². The van der Waals surface area contributed by atoms with Crippen LogP contribution in [-0.4, -0.2) is 36.8 Å².